The predicted molar refractivity (Wildman–Crippen MR) is 125 cm³/mol. The third kappa shape index (κ3) is 5.07. The van der Waals surface area contributed by atoms with Crippen LogP contribution < -0.4 is 5.32 Å². The second kappa shape index (κ2) is 10.2. The van der Waals surface area contributed by atoms with Gasteiger partial charge in [0.2, 0.25) is 0 Å². The van der Waals surface area contributed by atoms with Crippen molar-refractivity contribution in [2.45, 2.75) is 70.1 Å². The number of likely N-dealkylation sites (tertiary alicyclic amines) is 1. The van der Waals surface area contributed by atoms with Crippen molar-refractivity contribution in [2.24, 2.45) is 0 Å². The Balaban J connectivity index is 1.33. The van der Waals surface area contributed by atoms with Gasteiger partial charge < -0.3 is 15.0 Å². The van der Waals surface area contributed by atoms with E-state index in [1.807, 2.05) is 6.07 Å². The maximum atomic E-state index is 13.2. The Morgan fingerprint density at radius 1 is 1.16 bits per heavy atom. The molecule has 1 amide bonds. The van der Waals surface area contributed by atoms with Gasteiger partial charge in [0.1, 0.15) is 5.60 Å². The van der Waals surface area contributed by atoms with E-state index in [9.17, 15) is 9.59 Å². The molecule has 174 valence electrons. The number of nitrogens with zero attached hydrogens (tertiary/aromatic N) is 2. The lowest BCUT2D eigenvalue weighted by atomic mass is 9.82. The number of piperidine rings is 1. The van der Waals surface area contributed by atoms with E-state index in [0.29, 0.717) is 36.6 Å². The number of esters is 1. The molecule has 4 rings (SSSR count). The number of ether oxygens (including phenoxy) is 1. The summed E-state index contributed by atoms with van der Waals surface area (Å²) in [6, 6.07) is 11.0. The molecule has 6 heteroatoms. The zero-order valence-electron chi connectivity index (χ0n) is 19.6. The summed E-state index contributed by atoms with van der Waals surface area (Å²) >= 11 is 0. The lowest BCUT2D eigenvalue weighted by Gasteiger charge is -2.39. The van der Waals surface area contributed by atoms with Gasteiger partial charge in [0, 0.05) is 57.2 Å². The number of hydrogen-bond donors (Lipinski definition) is 1. The molecule has 2 heterocycles. The third-order valence-corrected chi connectivity index (χ3v) is 7.51. The average molecular weight is 440 g/mol. The van der Waals surface area contributed by atoms with Gasteiger partial charge in [-0.25, -0.2) is 4.79 Å². The first-order valence-electron chi connectivity index (χ1n) is 12.2. The molecule has 3 aliphatic rings. The van der Waals surface area contributed by atoms with Crippen LogP contribution >= 0.6 is 0 Å². The minimum atomic E-state index is -0.770. The second-order valence-electron chi connectivity index (χ2n) is 9.67. The van der Waals surface area contributed by atoms with Crippen LogP contribution in [-0.4, -0.2) is 66.5 Å². The van der Waals surface area contributed by atoms with Crippen LogP contribution in [0.25, 0.3) is 0 Å². The molecule has 0 aromatic heterocycles. The van der Waals surface area contributed by atoms with E-state index in [4.69, 9.17) is 4.74 Å². The fraction of sp³-hybridized carbons (Fsp3) is 0.615. The molecule has 1 N–H and O–H groups in total. The highest BCUT2D eigenvalue weighted by molar-refractivity contribution is 6.07. The highest BCUT2D eigenvalue weighted by Gasteiger charge is 2.50. The van der Waals surface area contributed by atoms with Crippen LogP contribution in [0.1, 0.15) is 57.4 Å². The quantitative estimate of drug-likeness (QED) is 0.661. The van der Waals surface area contributed by atoms with Crippen molar-refractivity contribution >= 4 is 11.9 Å². The van der Waals surface area contributed by atoms with E-state index >= 15 is 0 Å². The van der Waals surface area contributed by atoms with Gasteiger partial charge in [-0.05, 0) is 32.4 Å². The van der Waals surface area contributed by atoms with Crippen molar-refractivity contribution in [1.82, 2.24) is 15.1 Å². The number of amides is 1. The van der Waals surface area contributed by atoms with Gasteiger partial charge in [-0.2, -0.15) is 0 Å². The topological polar surface area (TPSA) is 61.9 Å². The Morgan fingerprint density at radius 3 is 2.53 bits per heavy atom. The van der Waals surface area contributed by atoms with Crippen LogP contribution in [-0.2, 0) is 20.9 Å². The zero-order chi connectivity index (χ0) is 22.6. The third-order valence-electron chi connectivity index (χ3n) is 7.51. The van der Waals surface area contributed by atoms with Gasteiger partial charge in [0.05, 0.1) is 5.57 Å². The molecule has 0 unspecified atom stereocenters. The standard InChI is InChI=1S/C26H37N3O3/c1-20-23(24(30)27-15-18-28(2)22-11-7-4-8-12-22)26(32-25(20)31)13-16-29(17-14-26)19-21-9-5-3-6-10-21/h3,5-6,9-10,22H,4,7-8,11-19H2,1-2H3,(H,27,30). The van der Waals surface area contributed by atoms with Crippen molar-refractivity contribution < 1.29 is 14.3 Å². The van der Waals surface area contributed by atoms with Crippen LogP contribution in [0.2, 0.25) is 0 Å². The van der Waals surface area contributed by atoms with E-state index < -0.39 is 5.60 Å². The van der Waals surface area contributed by atoms with Crippen molar-refractivity contribution in [3.63, 3.8) is 0 Å². The summed E-state index contributed by atoms with van der Waals surface area (Å²) < 4.78 is 5.85. The summed E-state index contributed by atoms with van der Waals surface area (Å²) in [6.45, 7) is 5.63. The summed E-state index contributed by atoms with van der Waals surface area (Å²) in [5.41, 5.74) is 1.54. The number of carbonyl (C=O) groups excluding carboxylic acids is 2. The maximum Gasteiger partial charge on any atom is 0.335 e. The fourth-order valence-corrected chi connectivity index (χ4v) is 5.53. The smallest absolute Gasteiger partial charge is 0.335 e. The first-order chi connectivity index (χ1) is 15.5. The number of nitrogens with one attached hydrogen (secondary N) is 1. The lowest BCUT2D eigenvalue weighted by Crippen LogP contribution is -2.49. The molecular formula is C26H37N3O3. The van der Waals surface area contributed by atoms with Gasteiger partial charge in [0.25, 0.3) is 5.91 Å². The number of rotatable bonds is 7. The van der Waals surface area contributed by atoms with E-state index in [1.165, 1.54) is 37.7 Å². The first kappa shape index (κ1) is 23.0. The van der Waals surface area contributed by atoms with Crippen molar-refractivity contribution in [3.05, 3.63) is 47.0 Å². The van der Waals surface area contributed by atoms with Crippen LogP contribution in [0.5, 0.6) is 0 Å². The average Bonchev–Trinajstić information content (AvgIpc) is 3.06. The Kier molecular flexibility index (Phi) is 7.31. The highest BCUT2D eigenvalue weighted by atomic mass is 16.6. The molecule has 0 atom stereocenters. The summed E-state index contributed by atoms with van der Waals surface area (Å²) in [5, 5.41) is 3.08. The normalized spacial score (nSPS) is 21.9. The zero-order valence-corrected chi connectivity index (χ0v) is 19.6. The fourth-order valence-electron chi connectivity index (χ4n) is 5.53. The Labute approximate surface area is 192 Å². The molecule has 0 radical (unpaired) electrons. The molecule has 2 aliphatic heterocycles. The highest BCUT2D eigenvalue weighted by Crippen LogP contribution is 2.41. The molecule has 1 saturated carbocycles. The molecule has 1 aromatic carbocycles. The summed E-state index contributed by atoms with van der Waals surface area (Å²) in [6.07, 6.45) is 7.77. The molecule has 2 fully saturated rings. The number of carbonyl (C=O) groups is 2. The van der Waals surface area contributed by atoms with Crippen LogP contribution in [0, 0.1) is 0 Å². The molecule has 1 saturated heterocycles. The van der Waals surface area contributed by atoms with Gasteiger partial charge in [-0.1, -0.05) is 49.6 Å². The first-order valence-corrected chi connectivity index (χ1v) is 12.2. The molecule has 6 nitrogen and oxygen atoms in total. The number of hydrogen-bond acceptors (Lipinski definition) is 5. The monoisotopic (exact) mass is 439 g/mol. The summed E-state index contributed by atoms with van der Waals surface area (Å²) in [7, 11) is 2.15. The predicted octanol–water partition coefficient (Wildman–Crippen LogP) is 3.28. The van der Waals surface area contributed by atoms with Gasteiger partial charge in [0.15, 0.2) is 0 Å². The van der Waals surface area contributed by atoms with E-state index in [1.54, 1.807) is 6.92 Å². The van der Waals surface area contributed by atoms with Crippen LogP contribution in [0.4, 0.5) is 0 Å². The van der Waals surface area contributed by atoms with Gasteiger partial charge >= 0.3 is 5.97 Å². The lowest BCUT2D eigenvalue weighted by molar-refractivity contribution is -0.151. The SMILES string of the molecule is CC1=C(C(=O)NCCN(C)C2CCCCC2)C2(CCN(Cc3ccccc3)CC2)OC1=O. The summed E-state index contributed by atoms with van der Waals surface area (Å²) in [4.78, 5) is 30.4. The Morgan fingerprint density at radius 2 is 1.84 bits per heavy atom. The minimum absolute atomic E-state index is 0.137. The maximum absolute atomic E-state index is 13.2. The van der Waals surface area contributed by atoms with E-state index in [-0.39, 0.29) is 11.9 Å². The summed E-state index contributed by atoms with van der Waals surface area (Å²) in [5.74, 6) is -0.479. The van der Waals surface area contributed by atoms with E-state index in [2.05, 4.69) is 46.4 Å². The van der Waals surface area contributed by atoms with Crippen molar-refractivity contribution in [3.8, 4) is 0 Å². The molecule has 1 spiro atoms. The van der Waals surface area contributed by atoms with Crippen LogP contribution in [0.3, 0.4) is 0 Å². The number of likely N-dealkylation sites (N-methyl/N-ethyl adjacent to an activating group) is 1. The Bertz CT molecular complexity index is 837. The minimum Gasteiger partial charge on any atom is -0.450 e. The molecule has 1 aliphatic carbocycles. The number of benzene rings is 1. The largest absolute Gasteiger partial charge is 0.450 e. The van der Waals surface area contributed by atoms with Gasteiger partial charge in [-0.3, -0.25) is 9.69 Å². The molecule has 1 aromatic rings. The van der Waals surface area contributed by atoms with Crippen LogP contribution in [0.15, 0.2) is 41.5 Å². The molecule has 0 bridgehead atoms. The molecular weight excluding hydrogens is 402 g/mol. The van der Waals surface area contributed by atoms with Crippen molar-refractivity contribution in [2.75, 3.05) is 33.2 Å². The molecule has 32 heavy (non-hydrogen) atoms. The van der Waals surface area contributed by atoms with E-state index in [0.717, 1.165) is 26.2 Å². The Hall–Kier alpha value is -2.18. The van der Waals surface area contributed by atoms with Crippen molar-refractivity contribution in [1.29, 1.82) is 0 Å². The second-order valence-corrected chi connectivity index (χ2v) is 9.67. The van der Waals surface area contributed by atoms with Gasteiger partial charge in [-0.15, -0.1) is 0 Å².